The van der Waals surface area contributed by atoms with Crippen molar-refractivity contribution in [3.8, 4) is 6.07 Å². The molecule has 2 fully saturated rings. The summed E-state index contributed by atoms with van der Waals surface area (Å²) in [6.45, 7) is 1.36. The molecule has 0 aromatic carbocycles. The monoisotopic (exact) mass is 368 g/mol. The third kappa shape index (κ3) is 3.84. The summed E-state index contributed by atoms with van der Waals surface area (Å²) in [6.07, 6.45) is 4.21. The lowest BCUT2D eigenvalue weighted by atomic mass is 10.1. The summed E-state index contributed by atoms with van der Waals surface area (Å²) in [5, 5.41) is 17.5. The van der Waals surface area contributed by atoms with Gasteiger partial charge in [-0.3, -0.25) is 9.69 Å². The zero-order chi connectivity index (χ0) is 17.9. The Hall–Kier alpha value is -2.50. The normalized spacial score (nSPS) is 19.9. The van der Waals surface area contributed by atoms with Crippen molar-refractivity contribution in [1.82, 2.24) is 20.2 Å². The summed E-state index contributed by atoms with van der Waals surface area (Å²) in [7, 11) is 0. The quantitative estimate of drug-likeness (QED) is 0.762. The Morgan fingerprint density at radius 3 is 3.04 bits per heavy atom. The maximum absolute atomic E-state index is 12.0. The number of nitrogens with zero attached hydrogens (tertiary/aromatic N) is 4. The first-order valence-electron chi connectivity index (χ1n) is 8.84. The standard InChI is InChI=1S/C18H20N6OS/c19-8-10-24-9-2-4-15(24)13-3-1-5-16(21-13)23-18-22-14(11-26-18)17(25)20-12-6-7-12/h1,3,5,11-12,15H,2,4,6-7,9-10H2,(H,20,25)(H,21,22,23). The smallest absolute Gasteiger partial charge is 0.271 e. The Labute approximate surface area is 156 Å². The number of carbonyl (C=O) groups excluding carboxylic acids is 1. The molecular weight excluding hydrogens is 348 g/mol. The number of amides is 1. The van der Waals surface area contributed by atoms with Crippen LogP contribution in [0.4, 0.5) is 10.9 Å². The van der Waals surface area contributed by atoms with Crippen LogP contribution < -0.4 is 10.6 Å². The average Bonchev–Trinajstić information content (AvgIpc) is 3.14. The molecule has 1 saturated carbocycles. The number of aromatic nitrogens is 2. The Balaban J connectivity index is 1.45. The molecule has 1 saturated heterocycles. The Kier molecular flexibility index (Phi) is 4.82. The maximum atomic E-state index is 12.0. The Bertz CT molecular complexity index is 840. The van der Waals surface area contributed by atoms with Crippen molar-refractivity contribution in [2.75, 3.05) is 18.4 Å². The van der Waals surface area contributed by atoms with E-state index in [0.29, 0.717) is 29.2 Å². The number of hydrogen-bond donors (Lipinski definition) is 2. The molecule has 1 amide bonds. The van der Waals surface area contributed by atoms with E-state index in [1.165, 1.54) is 11.3 Å². The molecule has 4 rings (SSSR count). The van der Waals surface area contributed by atoms with Gasteiger partial charge in [-0.25, -0.2) is 9.97 Å². The second-order valence-corrected chi connectivity index (χ2v) is 7.50. The molecule has 0 radical (unpaired) electrons. The number of pyridine rings is 1. The number of nitrogens with one attached hydrogen (secondary N) is 2. The van der Waals surface area contributed by atoms with Crippen molar-refractivity contribution in [2.24, 2.45) is 0 Å². The minimum Gasteiger partial charge on any atom is -0.348 e. The van der Waals surface area contributed by atoms with E-state index < -0.39 is 0 Å². The van der Waals surface area contributed by atoms with Crippen molar-refractivity contribution in [1.29, 1.82) is 5.26 Å². The van der Waals surface area contributed by atoms with Gasteiger partial charge < -0.3 is 10.6 Å². The van der Waals surface area contributed by atoms with Gasteiger partial charge in [-0.2, -0.15) is 5.26 Å². The minimum atomic E-state index is -0.114. The molecule has 1 unspecified atom stereocenters. The fourth-order valence-electron chi connectivity index (χ4n) is 3.18. The Morgan fingerprint density at radius 2 is 2.23 bits per heavy atom. The van der Waals surface area contributed by atoms with Crippen LogP contribution in [0.1, 0.15) is 47.9 Å². The first-order valence-corrected chi connectivity index (χ1v) is 9.72. The van der Waals surface area contributed by atoms with Gasteiger partial charge in [-0.1, -0.05) is 6.07 Å². The van der Waals surface area contributed by atoms with Crippen molar-refractivity contribution in [2.45, 2.75) is 37.8 Å². The summed E-state index contributed by atoms with van der Waals surface area (Å²) in [5.74, 6) is 0.589. The van der Waals surface area contributed by atoms with Crippen molar-refractivity contribution >= 4 is 28.2 Å². The first kappa shape index (κ1) is 16.9. The van der Waals surface area contributed by atoms with Crippen LogP contribution in [0.3, 0.4) is 0 Å². The highest BCUT2D eigenvalue weighted by molar-refractivity contribution is 7.14. The summed E-state index contributed by atoms with van der Waals surface area (Å²) in [4.78, 5) is 23.3. The molecule has 134 valence electrons. The maximum Gasteiger partial charge on any atom is 0.271 e. The molecular formula is C18H20N6OS. The average molecular weight is 368 g/mol. The van der Waals surface area contributed by atoms with Gasteiger partial charge in [-0.05, 0) is 44.4 Å². The molecule has 3 heterocycles. The van der Waals surface area contributed by atoms with Crippen molar-refractivity contribution in [3.05, 3.63) is 35.0 Å². The Morgan fingerprint density at radius 1 is 1.35 bits per heavy atom. The third-order valence-electron chi connectivity index (χ3n) is 4.63. The second-order valence-electron chi connectivity index (χ2n) is 6.64. The molecule has 1 aliphatic carbocycles. The van der Waals surface area contributed by atoms with Gasteiger partial charge in [0.1, 0.15) is 11.5 Å². The van der Waals surface area contributed by atoms with Crippen molar-refractivity contribution < 1.29 is 4.79 Å². The summed E-state index contributed by atoms with van der Waals surface area (Å²) in [6, 6.07) is 8.59. The molecule has 26 heavy (non-hydrogen) atoms. The molecule has 8 heteroatoms. The fourth-order valence-corrected chi connectivity index (χ4v) is 3.88. The van der Waals surface area contributed by atoms with Crippen LogP contribution in [0.2, 0.25) is 0 Å². The predicted octanol–water partition coefficient (Wildman–Crippen LogP) is 2.83. The van der Waals surface area contributed by atoms with Gasteiger partial charge in [-0.15, -0.1) is 11.3 Å². The highest BCUT2D eigenvalue weighted by atomic mass is 32.1. The van der Waals surface area contributed by atoms with E-state index >= 15 is 0 Å². The molecule has 2 aromatic rings. The zero-order valence-electron chi connectivity index (χ0n) is 14.3. The number of likely N-dealkylation sites (tertiary alicyclic amines) is 1. The van der Waals surface area contributed by atoms with Crippen molar-refractivity contribution in [3.63, 3.8) is 0 Å². The van der Waals surface area contributed by atoms with Crippen LogP contribution >= 0.6 is 11.3 Å². The van der Waals surface area contributed by atoms with Crippen LogP contribution in [-0.4, -0.2) is 39.9 Å². The van der Waals surface area contributed by atoms with Crippen LogP contribution in [0.25, 0.3) is 0 Å². The van der Waals surface area contributed by atoms with Crippen LogP contribution in [0.5, 0.6) is 0 Å². The second kappa shape index (κ2) is 7.40. The van der Waals surface area contributed by atoms with Gasteiger partial charge >= 0.3 is 0 Å². The fraction of sp³-hybridized carbons (Fsp3) is 0.444. The largest absolute Gasteiger partial charge is 0.348 e. The van der Waals surface area contributed by atoms with E-state index in [9.17, 15) is 4.79 Å². The van der Waals surface area contributed by atoms with Gasteiger partial charge in [0.15, 0.2) is 5.13 Å². The highest BCUT2D eigenvalue weighted by Crippen LogP contribution is 2.31. The molecule has 0 bridgehead atoms. The summed E-state index contributed by atoms with van der Waals surface area (Å²) >= 11 is 1.39. The zero-order valence-corrected chi connectivity index (χ0v) is 15.1. The number of nitriles is 1. The molecule has 1 atom stereocenters. The summed E-state index contributed by atoms with van der Waals surface area (Å²) in [5.41, 5.74) is 1.41. The van der Waals surface area contributed by atoms with Crippen LogP contribution in [-0.2, 0) is 0 Å². The van der Waals surface area contributed by atoms with Crippen LogP contribution in [0.15, 0.2) is 23.6 Å². The lowest BCUT2D eigenvalue weighted by Crippen LogP contribution is -2.25. The number of hydrogen-bond acceptors (Lipinski definition) is 7. The van der Waals surface area contributed by atoms with E-state index in [0.717, 1.165) is 37.9 Å². The lowest BCUT2D eigenvalue weighted by Gasteiger charge is -2.21. The van der Waals surface area contributed by atoms with Crippen LogP contribution in [0, 0.1) is 11.3 Å². The van der Waals surface area contributed by atoms with E-state index in [-0.39, 0.29) is 11.9 Å². The SMILES string of the molecule is N#CCN1CCCC1c1cccc(Nc2nc(C(=O)NC3CC3)cs2)n1. The molecule has 0 spiro atoms. The number of thiazole rings is 1. The van der Waals surface area contributed by atoms with E-state index in [1.54, 1.807) is 5.38 Å². The molecule has 7 nitrogen and oxygen atoms in total. The number of carbonyl (C=O) groups is 1. The molecule has 1 aliphatic heterocycles. The van der Waals surface area contributed by atoms with E-state index in [2.05, 4.69) is 26.6 Å². The molecule has 2 N–H and O–H groups in total. The molecule has 2 aliphatic rings. The number of rotatable bonds is 6. The van der Waals surface area contributed by atoms with Gasteiger partial charge in [0.2, 0.25) is 0 Å². The van der Waals surface area contributed by atoms with Gasteiger partial charge in [0.25, 0.3) is 5.91 Å². The highest BCUT2D eigenvalue weighted by Gasteiger charge is 2.27. The minimum absolute atomic E-state index is 0.114. The summed E-state index contributed by atoms with van der Waals surface area (Å²) < 4.78 is 0. The van der Waals surface area contributed by atoms with E-state index in [4.69, 9.17) is 10.2 Å². The predicted molar refractivity (Wildman–Crippen MR) is 99.3 cm³/mol. The first-order chi connectivity index (χ1) is 12.7. The topological polar surface area (TPSA) is 93.9 Å². The van der Waals surface area contributed by atoms with E-state index in [1.807, 2.05) is 18.2 Å². The lowest BCUT2D eigenvalue weighted by molar-refractivity contribution is 0.0947. The van der Waals surface area contributed by atoms with Gasteiger partial charge in [0.05, 0.1) is 24.3 Å². The van der Waals surface area contributed by atoms with Gasteiger partial charge in [0, 0.05) is 11.4 Å². The third-order valence-corrected chi connectivity index (χ3v) is 5.39. The number of anilines is 2. The molecule has 2 aromatic heterocycles.